The van der Waals surface area contributed by atoms with E-state index in [1.807, 2.05) is 12.1 Å². The van der Waals surface area contributed by atoms with Crippen molar-refractivity contribution >= 4 is 17.4 Å². The zero-order valence-corrected chi connectivity index (χ0v) is 9.95. The summed E-state index contributed by atoms with van der Waals surface area (Å²) in [5, 5.41) is 13.7. The number of aromatic nitrogens is 1. The smallest absolute Gasteiger partial charge is 0.125 e. The van der Waals surface area contributed by atoms with Gasteiger partial charge in [-0.1, -0.05) is 24.4 Å². The van der Waals surface area contributed by atoms with Crippen molar-refractivity contribution < 1.29 is 5.11 Å². The Morgan fingerprint density at radius 1 is 1.38 bits per heavy atom. The number of halogens is 1. The Morgan fingerprint density at radius 3 is 2.88 bits per heavy atom. The number of aliphatic hydroxyl groups excluding tert-OH is 1. The van der Waals surface area contributed by atoms with Crippen LogP contribution < -0.4 is 5.32 Å². The SMILES string of the molecule is OC1CCCCC1CNc1ccc(Cl)cn1. The Hall–Kier alpha value is -0.800. The van der Waals surface area contributed by atoms with Gasteiger partial charge in [-0.15, -0.1) is 0 Å². The molecule has 2 rings (SSSR count). The molecule has 1 aromatic heterocycles. The van der Waals surface area contributed by atoms with Gasteiger partial charge >= 0.3 is 0 Å². The second-order valence-corrected chi connectivity index (χ2v) is 4.79. The van der Waals surface area contributed by atoms with Crippen LogP contribution in [0.2, 0.25) is 5.02 Å². The van der Waals surface area contributed by atoms with Gasteiger partial charge in [0.2, 0.25) is 0 Å². The molecule has 0 aliphatic heterocycles. The lowest BCUT2D eigenvalue weighted by atomic mass is 9.86. The standard InChI is InChI=1S/C12H17ClN2O/c13-10-5-6-12(15-8-10)14-7-9-3-1-2-4-11(9)16/h5-6,8-9,11,16H,1-4,7H2,(H,14,15). The summed E-state index contributed by atoms with van der Waals surface area (Å²) in [4.78, 5) is 4.16. The molecule has 0 aromatic carbocycles. The van der Waals surface area contributed by atoms with E-state index in [0.29, 0.717) is 10.9 Å². The first-order chi connectivity index (χ1) is 7.75. The number of rotatable bonds is 3. The monoisotopic (exact) mass is 240 g/mol. The highest BCUT2D eigenvalue weighted by Crippen LogP contribution is 2.24. The minimum absolute atomic E-state index is 0.159. The summed E-state index contributed by atoms with van der Waals surface area (Å²) in [6.45, 7) is 0.787. The van der Waals surface area contributed by atoms with Gasteiger partial charge < -0.3 is 10.4 Å². The summed E-state index contributed by atoms with van der Waals surface area (Å²) in [6.07, 6.45) is 5.87. The molecule has 3 nitrogen and oxygen atoms in total. The maximum Gasteiger partial charge on any atom is 0.125 e. The Labute approximate surface area is 101 Å². The van der Waals surface area contributed by atoms with Crippen LogP contribution in [0.1, 0.15) is 25.7 Å². The molecule has 16 heavy (non-hydrogen) atoms. The van der Waals surface area contributed by atoms with Crippen molar-refractivity contribution in [3.63, 3.8) is 0 Å². The third-order valence-electron chi connectivity index (χ3n) is 3.14. The lowest BCUT2D eigenvalue weighted by Crippen LogP contribution is -2.30. The Morgan fingerprint density at radius 2 is 2.19 bits per heavy atom. The Bertz CT molecular complexity index is 328. The van der Waals surface area contributed by atoms with Crippen LogP contribution in [0, 0.1) is 5.92 Å². The predicted octanol–water partition coefficient (Wildman–Crippen LogP) is 2.70. The summed E-state index contributed by atoms with van der Waals surface area (Å²) < 4.78 is 0. The van der Waals surface area contributed by atoms with Crippen molar-refractivity contribution in [2.75, 3.05) is 11.9 Å². The number of pyridine rings is 1. The van der Waals surface area contributed by atoms with E-state index in [0.717, 1.165) is 31.6 Å². The summed E-state index contributed by atoms with van der Waals surface area (Å²) >= 11 is 5.75. The zero-order valence-electron chi connectivity index (χ0n) is 9.19. The molecule has 1 aliphatic rings. The fraction of sp³-hybridized carbons (Fsp3) is 0.583. The Balaban J connectivity index is 1.84. The van der Waals surface area contributed by atoms with Crippen LogP contribution in [0.4, 0.5) is 5.82 Å². The van der Waals surface area contributed by atoms with E-state index in [1.54, 1.807) is 6.20 Å². The minimum atomic E-state index is -0.159. The fourth-order valence-corrected chi connectivity index (χ4v) is 2.25. The van der Waals surface area contributed by atoms with E-state index in [-0.39, 0.29) is 6.10 Å². The average Bonchev–Trinajstić information content (AvgIpc) is 2.30. The van der Waals surface area contributed by atoms with Crippen molar-refractivity contribution in [2.24, 2.45) is 5.92 Å². The highest BCUT2D eigenvalue weighted by Gasteiger charge is 2.22. The first-order valence-electron chi connectivity index (χ1n) is 5.79. The quantitative estimate of drug-likeness (QED) is 0.854. The molecule has 2 atom stereocenters. The average molecular weight is 241 g/mol. The van der Waals surface area contributed by atoms with Crippen molar-refractivity contribution in [3.05, 3.63) is 23.4 Å². The predicted molar refractivity (Wildman–Crippen MR) is 65.7 cm³/mol. The first-order valence-corrected chi connectivity index (χ1v) is 6.17. The van der Waals surface area contributed by atoms with Crippen molar-refractivity contribution in [1.82, 2.24) is 4.98 Å². The number of hydrogen-bond acceptors (Lipinski definition) is 3. The van der Waals surface area contributed by atoms with Gasteiger partial charge in [-0.05, 0) is 25.0 Å². The maximum absolute atomic E-state index is 9.81. The molecular weight excluding hydrogens is 224 g/mol. The lowest BCUT2D eigenvalue weighted by molar-refractivity contribution is 0.0763. The van der Waals surface area contributed by atoms with Crippen LogP contribution in [-0.4, -0.2) is 22.7 Å². The van der Waals surface area contributed by atoms with Gasteiger partial charge in [-0.25, -0.2) is 4.98 Å². The van der Waals surface area contributed by atoms with Crippen LogP contribution in [0.15, 0.2) is 18.3 Å². The number of hydrogen-bond donors (Lipinski definition) is 2. The van der Waals surface area contributed by atoms with Gasteiger partial charge in [-0.3, -0.25) is 0 Å². The third kappa shape index (κ3) is 3.09. The molecule has 1 heterocycles. The minimum Gasteiger partial charge on any atom is -0.393 e. The van der Waals surface area contributed by atoms with E-state index >= 15 is 0 Å². The molecule has 88 valence electrons. The highest BCUT2D eigenvalue weighted by molar-refractivity contribution is 6.30. The Kier molecular flexibility index (Phi) is 4.02. The van der Waals surface area contributed by atoms with E-state index in [1.165, 1.54) is 6.42 Å². The summed E-state index contributed by atoms with van der Waals surface area (Å²) in [7, 11) is 0. The molecule has 0 saturated heterocycles. The molecule has 2 N–H and O–H groups in total. The summed E-state index contributed by atoms with van der Waals surface area (Å²) in [6, 6.07) is 3.67. The van der Waals surface area contributed by atoms with Gasteiger partial charge in [0.25, 0.3) is 0 Å². The third-order valence-corrected chi connectivity index (χ3v) is 3.37. The largest absolute Gasteiger partial charge is 0.393 e. The summed E-state index contributed by atoms with van der Waals surface area (Å²) in [5.74, 6) is 1.17. The molecule has 0 bridgehead atoms. The van der Waals surface area contributed by atoms with E-state index in [9.17, 15) is 5.11 Å². The first kappa shape index (κ1) is 11.7. The number of aliphatic hydroxyl groups is 1. The normalized spacial score (nSPS) is 25.4. The molecule has 0 radical (unpaired) electrons. The molecule has 4 heteroatoms. The molecule has 1 saturated carbocycles. The van der Waals surface area contributed by atoms with Gasteiger partial charge in [0, 0.05) is 18.7 Å². The zero-order chi connectivity index (χ0) is 11.4. The molecule has 1 aromatic rings. The fourth-order valence-electron chi connectivity index (χ4n) is 2.14. The molecule has 0 amide bonds. The molecule has 2 unspecified atom stereocenters. The molecular formula is C12H17ClN2O. The van der Waals surface area contributed by atoms with Crippen LogP contribution in [0.25, 0.3) is 0 Å². The maximum atomic E-state index is 9.81. The van der Waals surface area contributed by atoms with Gasteiger partial charge in [0.05, 0.1) is 11.1 Å². The van der Waals surface area contributed by atoms with Gasteiger partial charge in [-0.2, -0.15) is 0 Å². The second-order valence-electron chi connectivity index (χ2n) is 4.35. The molecule has 1 aliphatic carbocycles. The summed E-state index contributed by atoms with van der Waals surface area (Å²) in [5.41, 5.74) is 0. The number of nitrogens with zero attached hydrogens (tertiary/aromatic N) is 1. The van der Waals surface area contributed by atoms with Gasteiger partial charge in [0.15, 0.2) is 0 Å². The van der Waals surface area contributed by atoms with Crippen molar-refractivity contribution in [1.29, 1.82) is 0 Å². The van der Waals surface area contributed by atoms with Crippen LogP contribution >= 0.6 is 11.6 Å². The molecule has 0 spiro atoms. The van der Waals surface area contributed by atoms with Crippen LogP contribution in [-0.2, 0) is 0 Å². The molecule has 1 fully saturated rings. The topological polar surface area (TPSA) is 45.1 Å². The lowest BCUT2D eigenvalue weighted by Gasteiger charge is -2.27. The van der Waals surface area contributed by atoms with Crippen molar-refractivity contribution in [2.45, 2.75) is 31.8 Å². The number of anilines is 1. The van der Waals surface area contributed by atoms with E-state index in [2.05, 4.69) is 10.3 Å². The van der Waals surface area contributed by atoms with Gasteiger partial charge in [0.1, 0.15) is 5.82 Å². The van der Waals surface area contributed by atoms with E-state index < -0.39 is 0 Å². The highest BCUT2D eigenvalue weighted by atomic mass is 35.5. The van der Waals surface area contributed by atoms with Crippen LogP contribution in [0.5, 0.6) is 0 Å². The number of nitrogens with one attached hydrogen (secondary N) is 1. The second kappa shape index (κ2) is 5.51. The van der Waals surface area contributed by atoms with E-state index in [4.69, 9.17) is 11.6 Å². The van der Waals surface area contributed by atoms with Crippen LogP contribution in [0.3, 0.4) is 0 Å². The van der Waals surface area contributed by atoms with Crippen molar-refractivity contribution in [3.8, 4) is 0 Å².